The normalized spacial score (nSPS) is 12.9. The molecule has 1 amide bonds. The molecule has 0 saturated heterocycles. The monoisotopic (exact) mass is 491 g/mol. The average Bonchev–Trinajstić information content (AvgIpc) is 3.06. The number of hydrogen-bond donors (Lipinski definition) is 1. The van der Waals surface area contributed by atoms with Crippen LogP contribution in [0, 0.1) is 0 Å². The molecule has 0 aliphatic heterocycles. The van der Waals surface area contributed by atoms with E-state index in [1.165, 1.54) is 51.4 Å². The summed E-state index contributed by atoms with van der Waals surface area (Å²) in [5.41, 5.74) is 0.857. The minimum absolute atomic E-state index is 0.0315. The highest BCUT2D eigenvalue weighted by atomic mass is 35.5. The maximum atomic E-state index is 12.5. The second kappa shape index (κ2) is 8.56. The van der Waals surface area contributed by atoms with Crippen LogP contribution in [0.2, 0.25) is 15.1 Å². The van der Waals surface area contributed by atoms with E-state index in [4.69, 9.17) is 39.6 Å². The molecule has 3 rings (SSSR count). The van der Waals surface area contributed by atoms with Gasteiger partial charge in [0.25, 0.3) is 5.91 Å². The van der Waals surface area contributed by atoms with Gasteiger partial charge in [-0.15, -0.1) is 5.10 Å². The molecular weight excluding hydrogens is 477 g/mol. The Kier molecular flexibility index (Phi) is 6.44. The van der Waals surface area contributed by atoms with Crippen molar-refractivity contribution in [2.24, 2.45) is 0 Å². The molecule has 0 aliphatic carbocycles. The van der Waals surface area contributed by atoms with Crippen molar-refractivity contribution in [3.05, 3.63) is 45.4 Å². The van der Waals surface area contributed by atoms with Crippen LogP contribution in [0.1, 0.15) is 6.92 Å². The third kappa shape index (κ3) is 4.47. The molecule has 0 fully saturated rings. The van der Waals surface area contributed by atoms with Gasteiger partial charge in [0.1, 0.15) is 11.0 Å². The molecular formula is C17H16Cl3N5O4S. The Labute approximate surface area is 187 Å². The van der Waals surface area contributed by atoms with Crippen LogP contribution in [-0.4, -0.2) is 54.0 Å². The highest BCUT2D eigenvalue weighted by Gasteiger charge is 2.22. The Morgan fingerprint density at radius 1 is 1.17 bits per heavy atom. The number of anilines is 1. The Morgan fingerprint density at radius 3 is 2.40 bits per heavy atom. The van der Waals surface area contributed by atoms with E-state index in [2.05, 4.69) is 15.6 Å². The third-order valence-corrected chi connectivity index (χ3v) is 6.67. The summed E-state index contributed by atoms with van der Waals surface area (Å²) in [5.74, 6) is -0.568. The number of benzene rings is 2. The topological polar surface area (TPSA) is 106 Å². The molecule has 0 aliphatic rings. The number of sulfonamides is 1. The number of amides is 1. The number of carbonyl (C=O) groups is 1. The fourth-order valence-corrected chi connectivity index (χ4v) is 4.24. The summed E-state index contributed by atoms with van der Waals surface area (Å²) in [4.78, 5) is 19.1. The van der Waals surface area contributed by atoms with Gasteiger partial charge in [-0.05, 0) is 42.5 Å². The van der Waals surface area contributed by atoms with Crippen LogP contribution in [0.3, 0.4) is 0 Å². The van der Waals surface area contributed by atoms with Crippen LogP contribution < -0.4 is 10.2 Å². The quantitative estimate of drug-likeness (QED) is 0.567. The lowest BCUT2D eigenvalue weighted by molar-refractivity contribution is -0.127. The minimum Gasteiger partial charge on any atom is -0.382 e. The first-order chi connectivity index (χ1) is 14.0. The lowest BCUT2D eigenvalue weighted by Crippen LogP contribution is -2.35. The lowest BCUT2D eigenvalue weighted by atomic mass is 10.3. The standard InChI is InChI=1S/C17H16Cl3N5O4S/c1-9(17(26)21-16-12(19)6-10(18)7-13(16)20)29-25-15-8-11(30(27,28)24(2)3)4-5-14(15)22-23-25/h4-9H,1-3H3,(H,21,26)/t9-/m1/s1. The van der Waals surface area contributed by atoms with Crippen molar-refractivity contribution in [3.63, 3.8) is 0 Å². The molecule has 1 heterocycles. The molecule has 9 nitrogen and oxygen atoms in total. The zero-order valence-electron chi connectivity index (χ0n) is 15.9. The van der Waals surface area contributed by atoms with E-state index in [-0.39, 0.29) is 26.1 Å². The van der Waals surface area contributed by atoms with Crippen molar-refractivity contribution in [3.8, 4) is 0 Å². The van der Waals surface area contributed by atoms with E-state index >= 15 is 0 Å². The molecule has 160 valence electrons. The van der Waals surface area contributed by atoms with Crippen LogP contribution in [0.15, 0.2) is 35.2 Å². The van der Waals surface area contributed by atoms with Crippen LogP contribution in [0.5, 0.6) is 0 Å². The number of nitrogens with one attached hydrogen (secondary N) is 1. The van der Waals surface area contributed by atoms with Gasteiger partial charge < -0.3 is 10.2 Å². The number of carbonyl (C=O) groups excluding carboxylic acids is 1. The molecule has 0 unspecified atom stereocenters. The zero-order valence-corrected chi connectivity index (χ0v) is 19.0. The van der Waals surface area contributed by atoms with Gasteiger partial charge in [0.2, 0.25) is 16.1 Å². The van der Waals surface area contributed by atoms with E-state index in [0.29, 0.717) is 10.5 Å². The van der Waals surface area contributed by atoms with Gasteiger partial charge in [0.05, 0.1) is 20.6 Å². The predicted octanol–water partition coefficient (Wildman–Crippen LogP) is 3.10. The zero-order chi connectivity index (χ0) is 22.2. The average molecular weight is 493 g/mol. The van der Waals surface area contributed by atoms with Crippen molar-refractivity contribution < 1.29 is 18.0 Å². The van der Waals surface area contributed by atoms with E-state index < -0.39 is 22.0 Å². The summed E-state index contributed by atoms with van der Waals surface area (Å²) < 4.78 is 25.8. The van der Waals surface area contributed by atoms with Gasteiger partial charge in [-0.25, -0.2) is 12.7 Å². The van der Waals surface area contributed by atoms with Gasteiger partial charge in [0, 0.05) is 19.1 Å². The smallest absolute Gasteiger partial charge is 0.268 e. The van der Waals surface area contributed by atoms with Crippen molar-refractivity contribution >= 4 is 67.5 Å². The summed E-state index contributed by atoms with van der Waals surface area (Å²) in [6.45, 7) is 1.47. The van der Waals surface area contributed by atoms with E-state index in [1.54, 1.807) is 0 Å². The van der Waals surface area contributed by atoms with Crippen LogP contribution in [0.25, 0.3) is 11.0 Å². The van der Waals surface area contributed by atoms with Crippen molar-refractivity contribution in [2.75, 3.05) is 19.4 Å². The first-order valence-electron chi connectivity index (χ1n) is 8.41. The van der Waals surface area contributed by atoms with Crippen LogP contribution >= 0.6 is 34.8 Å². The molecule has 1 atom stereocenters. The number of hydrogen-bond acceptors (Lipinski definition) is 6. The van der Waals surface area contributed by atoms with Crippen LogP contribution in [-0.2, 0) is 14.8 Å². The Bertz CT molecular complexity index is 1210. The summed E-state index contributed by atoms with van der Waals surface area (Å²) in [7, 11) is -0.829. The lowest BCUT2D eigenvalue weighted by Gasteiger charge is -2.16. The maximum Gasteiger partial charge on any atom is 0.268 e. The summed E-state index contributed by atoms with van der Waals surface area (Å²) in [6, 6.07) is 7.15. The first-order valence-corrected chi connectivity index (χ1v) is 11.0. The molecule has 13 heteroatoms. The minimum atomic E-state index is -3.67. The number of fused-ring (bicyclic) bond motifs is 1. The number of halogens is 3. The van der Waals surface area contributed by atoms with Crippen LogP contribution in [0.4, 0.5) is 5.69 Å². The highest BCUT2D eigenvalue weighted by molar-refractivity contribution is 7.89. The summed E-state index contributed by atoms with van der Waals surface area (Å²) >= 11 is 18.0. The highest BCUT2D eigenvalue weighted by Crippen LogP contribution is 2.33. The molecule has 1 N–H and O–H groups in total. The summed E-state index contributed by atoms with van der Waals surface area (Å²) in [6.07, 6.45) is -1.05. The number of rotatable bonds is 6. The molecule has 3 aromatic rings. The van der Waals surface area contributed by atoms with E-state index in [9.17, 15) is 13.2 Å². The fourth-order valence-electron chi connectivity index (χ4n) is 2.41. The molecule has 0 saturated carbocycles. The van der Waals surface area contributed by atoms with E-state index in [1.807, 2.05) is 0 Å². The molecule has 30 heavy (non-hydrogen) atoms. The van der Waals surface area contributed by atoms with Gasteiger partial charge in [0.15, 0.2) is 0 Å². The summed E-state index contributed by atoms with van der Waals surface area (Å²) in [5, 5.41) is 11.0. The van der Waals surface area contributed by atoms with Crippen molar-refractivity contribution in [1.82, 2.24) is 19.5 Å². The Balaban J connectivity index is 1.84. The second-order valence-electron chi connectivity index (χ2n) is 6.38. The second-order valence-corrected chi connectivity index (χ2v) is 9.78. The Morgan fingerprint density at radius 2 is 1.80 bits per heavy atom. The first kappa shape index (κ1) is 22.6. The molecule has 0 spiro atoms. The van der Waals surface area contributed by atoms with Gasteiger partial charge in [-0.1, -0.05) is 39.6 Å². The fraction of sp³-hybridized carbons (Fsp3) is 0.235. The van der Waals surface area contributed by atoms with Crippen molar-refractivity contribution in [2.45, 2.75) is 17.9 Å². The Hall–Kier alpha value is -2.11. The predicted molar refractivity (Wildman–Crippen MR) is 115 cm³/mol. The van der Waals surface area contributed by atoms with Gasteiger partial charge in [-0.3, -0.25) is 4.79 Å². The number of nitrogens with zero attached hydrogens (tertiary/aromatic N) is 4. The van der Waals surface area contributed by atoms with Gasteiger partial charge >= 0.3 is 0 Å². The third-order valence-electron chi connectivity index (χ3n) is 4.05. The van der Waals surface area contributed by atoms with Gasteiger partial charge in [-0.2, -0.15) is 0 Å². The molecule has 0 bridgehead atoms. The SMILES string of the molecule is C[C@@H](On1nnc2ccc(S(=O)(=O)N(C)C)cc21)C(=O)Nc1c(Cl)cc(Cl)cc1Cl. The molecule has 1 aromatic heterocycles. The maximum absolute atomic E-state index is 12.5. The van der Waals surface area contributed by atoms with Crippen molar-refractivity contribution in [1.29, 1.82) is 0 Å². The number of aromatic nitrogens is 3. The largest absolute Gasteiger partial charge is 0.382 e. The molecule has 0 radical (unpaired) electrons. The molecule has 2 aromatic carbocycles. The van der Waals surface area contributed by atoms with E-state index in [0.717, 1.165) is 9.15 Å².